The first-order chi connectivity index (χ1) is 10.1. The van der Waals surface area contributed by atoms with Crippen LogP contribution in [-0.4, -0.2) is 30.5 Å². The minimum atomic E-state index is 0.0952. The summed E-state index contributed by atoms with van der Waals surface area (Å²) in [7, 11) is 0. The van der Waals surface area contributed by atoms with E-state index in [1.54, 1.807) is 0 Å². The summed E-state index contributed by atoms with van der Waals surface area (Å²) in [5.74, 6) is 0.909. The summed E-state index contributed by atoms with van der Waals surface area (Å²) in [5.41, 5.74) is 2.22. The smallest absolute Gasteiger partial charge is 0.260 e. The number of ether oxygens (including phenoxy) is 1. The van der Waals surface area contributed by atoms with E-state index < -0.39 is 0 Å². The number of carbonyl (C=O) groups excluding carboxylic acids is 1. The molecule has 0 fully saturated rings. The quantitative estimate of drug-likeness (QED) is 0.685. The number of unbranched alkanes of at least 4 members (excludes halogenated alkanes) is 2. The number of hydrogen-bond acceptors (Lipinski definition) is 2. The Hall–Kier alpha value is -1.51. The molecule has 0 radical (unpaired) electrons. The zero-order valence-electron chi connectivity index (χ0n) is 13.9. The average Bonchev–Trinajstić information content (AvgIpc) is 2.48. The normalized spacial score (nSPS) is 10.5. The maximum absolute atomic E-state index is 12.3. The van der Waals surface area contributed by atoms with Crippen LogP contribution in [0.15, 0.2) is 18.2 Å². The Labute approximate surface area is 129 Å². The lowest BCUT2D eigenvalue weighted by molar-refractivity contribution is -0.133. The summed E-state index contributed by atoms with van der Waals surface area (Å²) < 4.78 is 5.73. The zero-order chi connectivity index (χ0) is 15.7. The van der Waals surface area contributed by atoms with E-state index in [0.29, 0.717) is 0 Å². The molecule has 0 atom stereocenters. The van der Waals surface area contributed by atoms with Crippen molar-refractivity contribution in [2.75, 3.05) is 19.7 Å². The van der Waals surface area contributed by atoms with Gasteiger partial charge >= 0.3 is 0 Å². The second-order valence-corrected chi connectivity index (χ2v) is 5.65. The number of benzene rings is 1. The molecule has 0 aliphatic heterocycles. The topological polar surface area (TPSA) is 29.5 Å². The fourth-order valence-corrected chi connectivity index (χ4v) is 2.15. The Morgan fingerprint density at radius 2 is 1.71 bits per heavy atom. The van der Waals surface area contributed by atoms with Gasteiger partial charge in [0.25, 0.3) is 5.91 Å². The predicted octanol–water partition coefficient (Wildman–Crippen LogP) is 4.11. The maximum atomic E-state index is 12.3. The number of rotatable bonds is 9. The summed E-state index contributed by atoms with van der Waals surface area (Å²) in [5, 5.41) is 0. The van der Waals surface area contributed by atoms with E-state index in [1.807, 2.05) is 30.9 Å². The Balaban J connectivity index is 2.57. The Morgan fingerprint density at radius 3 is 2.29 bits per heavy atom. The van der Waals surface area contributed by atoms with Crippen molar-refractivity contribution in [1.82, 2.24) is 4.90 Å². The lowest BCUT2D eigenvalue weighted by atomic mass is 10.1. The molecule has 1 amide bonds. The molecule has 1 aromatic carbocycles. The third-order valence-electron chi connectivity index (χ3n) is 3.61. The van der Waals surface area contributed by atoms with Crippen molar-refractivity contribution in [2.45, 2.75) is 53.4 Å². The summed E-state index contributed by atoms with van der Waals surface area (Å²) in [6, 6.07) is 6.07. The molecule has 0 unspecified atom stereocenters. The van der Waals surface area contributed by atoms with Gasteiger partial charge in [0.15, 0.2) is 6.61 Å². The number of aryl methyl sites for hydroxylation is 2. The molecule has 0 aliphatic carbocycles. The molecular formula is C18H29NO2. The monoisotopic (exact) mass is 291 g/mol. The van der Waals surface area contributed by atoms with Crippen LogP contribution in [0.4, 0.5) is 0 Å². The predicted molar refractivity (Wildman–Crippen MR) is 87.8 cm³/mol. The summed E-state index contributed by atoms with van der Waals surface area (Å²) >= 11 is 0. The average molecular weight is 291 g/mol. The number of hydrogen-bond donors (Lipinski definition) is 0. The Bertz CT molecular complexity index is 435. The highest BCUT2D eigenvalue weighted by molar-refractivity contribution is 5.77. The minimum absolute atomic E-state index is 0.0952. The lowest BCUT2D eigenvalue weighted by Crippen LogP contribution is -2.36. The summed E-state index contributed by atoms with van der Waals surface area (Å²) in [4.78, 5) is 14.3. The van der Waals surface area contributed by atoms with Gasteiger partial charge in [0.05, 0.1) is 0 Å². The highest BCUT2D eigenvalue weighted by Crippen LogP contribution is 2.19. The van der Waals surface area contributed by atoms with E-state index in [0.717, 1.165) is 55.6 Å². The van der Waals surface area contributed by atoms with Gasteiger partial charge < -0.3 is 9.64 Å². The van der Waals surface area contributed by atoms with Gasteiger partial charge in [-0.25, -0.2) is 0 Å². The molecular weight excluding hydrogens is 262 g/mol. The Morgan fingerprint density at radius 1 is 1.10 bits per heavy atom. The van der Waals surface area contributed by atoms with Crippen LogP contribution in [0.3, 0.4) is 0 Å². The standard InChI is InChI=1S/C18H29NO2/c1-5-7-11-19(12-8-6-2)18(20)14-21-17-13-15(3)9-10-16(17)4/h9-10,13H,5-8,11-12,14H2,1-4H3. The lowest BCUT2D eigenvalue weighted by Gasteiger charge is -2.22. The maximum Gasteiger partial charge on any atom is 0.260 e. The van der Waals surface area contributed by atoms with E-state index in [-0.39, 0.29) is 12.5 Å². The third kappa shape index (κ3) is 6.19. The number of carbonyl (C=O) groups is 1. The van der Waals surface area contributed by atoms with Crippen LogP contribution in [0.2, 0.25) is 0 Å². The van der Waals surface area contributed by atoms with E-state index in [9.17, 15) is 4.79 Å². The van der Waals surface area contributed by atoms with Gasteiger partial charge in [-0.2, -0.15) is 0 Å². The second-order valence-electron chi connectivity index (χ2n) is 5.65. The molecule has 3 heteroatoms. The molecule has 0 bridgehead atoms. The van der Waals surface area contributed by atoms with Crippen molar-refractivity contribution < 1.29 is 9.53 Å². The van der Waals surface area contributed by atoms with Gasteiger partial charge in [0.1, 0.15) is 5.75 Å². The molecule has 3 nitrogen and oxygen atoms in total. The van der Waals surface area contributed by atoms with Gasteiger partial charge in [-0.1, -0.05) is 38.8 Å². The third-order valence-corrected chi connectivity index (χ3v) is 3.61. The SMILES string of the molecule is CCCCN(CCCC)C(=O)COc1cc(C)ccc1C. The molecule has 0 N–H and O–H groups in total. The molecule has 0 spiro atoms. The molecule has 0 aliphatic rings. The molecule has 1 aromatic rings. The van der Waals surface area contributed by atoms with Gasteiger partial charge in [-0.15, -0.1) is 0 Å². The second kappa shape index (κ2) is 9.43. The van der Waals surface area contributed by atoms with Crippen LogP contribution in [0, 0.1) is 13.8 Å². The van der Waals surface area contributed by atoms with Gasteiger partial charge in [0.2, 0.25) is 0 Å². The van der Waals surface area contributed by atoms with Gasteiger partial charge in [-0.3, -0.25) is 4.79 Å². The Kier molecular flexibility index (Phi) is 7.88. The van der Waals surface area contributed by atoms with Crippen LogP contribution in [0.1, 0.15) is 50.7 Å². The van der Waals surface area contributed by atoms with Gasteiger partial charge in [0, 0.05) is 13.1 Å². The van der Waals surface area contributed by atoms with Gasteiger partial charge in [-0.05, 0) is 43.9 Å². The minimum Gasteiger partial charge on any atom is -0.483 e. The number of nitrogens with zero attached hydrogens (tertiary/aromatic N) is 1. The first-order valence-corrected chi connectivity index (χ1v) is 8.06. The molecule has 0 heterocycles. The molecule has 118 valence electrons. The molecule has 0 saturated carbocycles. The van der Waals surface area contributed by atoms with Crippen LogP contribution in [-0.2, 0) is 4.79 Å². The fourth-order valence-electron chi connectivity index (χ4n) is 2.15. The highest BCUT2D eigenvalue weighted by Gasteiger charge is 2.13. The van der Waals surface area contributed by atoms with Crippen molar-refractivity contribution >= 4 is 5.91 Å². The highest BCUT2D eigenvalue weighted by atomic mass is 16.5. The van der Waals surface area contributed by atoms with Crippen molar-refractivity contribution in [3.8, 4) is 5.75 Å². The van der Waals surface area contributed by atoms with E-state index in [1.165, 1.54) is 0 Å². The molecule has 0 saturated heterocycles. The largest absolute Gasteiger partial charge is 0.483 e. The molecule has 21 heavy (non-hydrogen) atoms. The van der Waals surface area contributed by atoms with Crippen molar-refractivity contribution in [3.63, 3.8) is 0 Å². The van der Waals surface area contributed by atoms with E-state index in [2.05, 4.69) is 19.9 Å². The van der Waals surface area contributed by atoms with Crippen molar-refractivity contribution in [2.24, 2.45) is 0 Å². The zero-order valence-corrected chi connectivity index (χ0v) is 13.9. The van der Waals surface area contributed by atoms with Crippen molar-refractivity contribution in [1.29, 1.82) is 0 Å². The first kappa shape index (κ1) is 17.5. The first-order valence-electron chi connectivity index (χ1n) is 8.06. The summed E-state index contributed by atoms with van der Waals surface area (Å²) in [6.07, 6.45) is 4.32. The van der Waals surface area contributed by atoms with Crippen LogP contribution < -0.4 is 4.74 Å². The van der Waals surface area contributed by atoms with E-state index >= 15 is 0 Å². The number of amides is 1. The van der Waals surface area contributed by atoms with Crippen molar-refractivity contribution in [3.05, 3.63) is 29.3 Å². The van der Waals surface area contributed by atoms with Crippen LogP contribution >= 0.6 is 0 Å². The van der Waals surface area contributed by atoms with Crippen LogP contribution in [0.5, 0.6) is 5.75 Å². The fraction of sp³-hybridized carbons (Fsp3) is 0.611. The molecule has 1 rings (SSSR count). The van der Waals surface area contributed by atoms with E-state index in [4.69, 9.17) is 4.74 Å². The summed E-state index contributed by atoms with van der Waals surface area (Å²) in [6.45, 7) is 10.1. The van der Waals surface area contributed by atoms with Crippen LogP contribution in [0.25, 0.3) is 0 Å². The molecule has 0 aromatic heterocycles.